The van der Waals surface area contributed by atoms with Crippen LogP contribution in [-0.4, -0.2) is 54.6 Å². The van der Waals surface area contributed by atoms with Gasteiger partial charge in [-0.1, -0.05) is 48.9 Å². The molecule has 38 heavy (non-hydrogen) atoms. The largest absolute Gasteiger partial charge is 0.383 e. The lowest BCUT2D eigenvalue weighted by Gasteiger charge is -2.35. The molecule has 208 valence electrons. The Morgan fingerprint density at radius 3 is 2.55 bits per heavy atom. The summed E-state index contributed by atoms with van der Waals surface area (Å²) in [7, 11) is 4.27. The number of aromatic nitrogens is 1. The van der Waals surface area contributed by atoms with Crippen molar-refractivity contribution in [2.24, 2.45) is 5.73 Å². The molecule has 4 N–H and O–H groups in total. The maximum absolute atomic E-state index is 14.0. The second kappa shape index (κ2) is 15.9. The van der Waals surface area contributed by atoms with Crippen LogP contribution in [0, 0.1) is 5.82 Å². The minimum absolute atomic E-state index is 0.0547. The molecule has 0 amide bonds. The first-order valence-electron chi connectivity index (χ1n) is 13.1. The van der Waals surface area contributed by atoms with E-state index in [4.69, 9.17) is 34.7 Å². The van der Waals surface area contributed by atoms with Crippen molar-refractivity contribution in [3.8, 4) is 0 Å². The average molecular weight is 563 g/mol. The molecule has 0 bridgehead atoms. The lowest BCUT2D eigenvalue weighted by molar-refractivity contribution is 0.180. The number of anilines is 1. The maximum atomic E-state index is 14.0. The van der Waals surface area contributed by atoms with Crippen LogP contribution in [0.2, 0.25) is 10.0 Å². The second-order valence-corrected chi connectivity index (χ2v) is 10.6. The maximum Gasteiger partial charge on any atom is 0.142 e. The van der Waals surface area contributed by atoms with Gasteiger partial charge in [0.1, 0.15) is 11.6 Å². The normalized spacial score (nSPS) is 15.4. The molecule has 0 spiro atoms. The Hall–Kier alpha value is -2.38. The van der Waals surface area contributed by atoms with Gasteiger partial charge in [-0.2, -0.15) is 0 Å². The predicted molar refractivity (Wildman–Crippen MR) is 162 cm³/mol. The number of nitrogens with two attached hydrogens (primary N) is 2. The number of nitrogen functional groups attached to an aromatic ring is 1. The quantitative estimate of drug-likeness (QED) is 0.142. The third kappa shape index (κ3) is 9.12. The van der Waals surface area contributed by atoms with E-state index in [0.29, 0.717) is 28.9 Å². The van der Waals surface area contributed by atoms with Crippen LogP contribution in [0.3, 0.4) is 0 Å². The van der Waals surface area contributed by atoms with Crippen molar-refractivity contribution in [2.45, 2.75) is 51.0 Å². The summed E-state index contributed by atoms with van der Waals surface area (Å²) in [6.07, 6.45) is 12.5. The van der Waals surface area contributed by atoms with Crippen LogP contribution in [0.15, 0.2) is 55.9 Å². The van der Waals surface area contributed by atoms with Crippen LogP contribution >= 0.6 is 23.2 Å². The molecule has 1 atom stereocenters. The molecule has 3 rings (SSSR count). The first-order valence-corrected chi connectivity index (χ1v) is 13.8. The van der Waals surface area contributed by atoms with E-state index < -0.39 is 5.82 Å². The van der Waals surface area contributed by atoms with Crippen LogP contribution in [0.5, 0.6) is 0 Å². The summed E-state index contributed by atoms with van der Waals surface area (Å²) in [4.78, 5) is 9.04. The minimum Gasteiger partial charge on any atom is -0.383 e. The number of hydrogen-bond acceptors (Lipinski definition) is 5. The zero-order chi connectivity index (χ0) is 28.2. The summed E-state index contributed by atoms with van der Waals surface area (Å²) >= 11 is 12.5. The van der Waals surface area contributed by atoms with E-state index in [0.717, 1.165) is 62.0 Å². The molecule has 0 radical (unpaired) electrons. The predicted octanol–water partition coefficient (Wildman–Crippen LogP) is 6.92. The highest BCUT2D eigenvalue weighted by molar-refractivity contribution is 6.36. The highest BCUT2D eigenvalue weighted by Gasteiger charge is 2.21. The van der Waals surface area contributed by atoms with Gasteiger partial charge < -0.3 is 21.3 Å². The molecule has 1 unspecified atom stereocenters. The number of nitrogens with zero attached hydrogens (tertiary/aromatic N) is 3. The zero-order valence-electron chi connectivity index (χ0n) is 22.9. The first kappa shape index (κ1) is 31.8. The summed E-state index contributed by atoms with van der Waals surface area (Å²) in [5.74, 6) is -0.175. The van der Waals surface area contributed by atoms with Crippen LogP contribution in [0.25, 0.3) is 5.57 Å². The monoisotopic (exact) mass is 561 g/mol. The molecule has 1 saturated heterocycles. The van der Waals surface area contributed by atoms with Gasteiger partial charge in [0.05, 0.1) is 5.02 Å². The van der Waals surface area contributed by atoms with Crippen LogP contribution in [0.4, 0.5) is 10.2 Å². The fourth-order valence-corrected chi connectivity index (χ4v) is 5.25. The van der Waals surface area contributed by atoms with Crippen molar-refractivity contribution in [1.82, 2.24) is 14.8 Å². The number of benzene rings is 1. The molecule has 2 heterocycles. The number of likely N-dealkylation sites (tertiary alicyclic amines) is 1. The van der Waals surface area contributed by atoms with E-state index in [1.165, 1.54) is 12.1 Å². The Morgan fingerprint density at radius 1 is 1.29 bits per heavy atom. The standard InChI is InChI=1S/C25H31Cl2FN4.C5H11N/c1-5-17(15-32(4)20-8-10-31(3)11-9-20)19-13-18(25(29)30-14-19)12-16(2)23-21(26)6-7-22(28)24(23)27;1-2-3-4-5-6/h5-7,13-16,20H,1,8-12H2,2-4H3,(H2,29,30);2H,1,3-6H2/b17-15+;. The molecule has 1 aromatic heterocycles. The molecule has 5 nitrogen and oxygen atoms in total. The number of hydrogen-bond donors (Lipinski definition) is 2. The molecule has 0 aliphatic carbocycles. The number of rotatable bonds is 10. The van der Waals surface area contributed by atoms with E-state index in [1.54, 1.807) is 6.20 Å². The lowest BCUT2D eigenvalue weighted by atomic mass is 9.92. The van der Waals surface area contributed by atoms with Crippen LogP contribution < -0.4 is 11.5 Å². The van der Waals surface area contributed by atoms with Gasteiger partial charge in [-0.3, -0.25) is 0 Å². The van der Waals surface area contributed by atoms with Gasteiger partial charge in [0.25, 0.3) is 0 Å². The lowest BCUT2D eigenvalue weighted by Crippen LogP contribution is -2.39. The highest BCUT2D eigenvalue weighted by atomic mass is 35.5. The van der Waals surface area contributed by atoms with Gasteiger partial charge >= 0.3 is 0 Å². The number of halogens is 3. The summed E-state index contributed by atoms with van der Waals surface area (Å²) in [6, 6.07) is 5.33. The van der Waals surface area contributed by atoms with Crippen molar-refractivity contribution in [3.05, 3.63) is 88.5 Å². The van der Waals surface area contributed by atoms with Gasteiger partial charge in [0.2, 0.25) is 0 Å². The zero-order valence-corrected chi connectivity index (χ0v) is 24.4. The number of unbranched alkanes of at least 4 members (excludes halogenated alkanes) is 1. The second-order valence-electron chi connectivity index (χ2n) is 9.84. The van der Waals surface area contributed by atoms with Gasteiger partial charge in [-0.25, -0.2) is 9.37 Å². The topological polar surface area (TPSA) is 71.4 Å². The van der Waals surface area contributed by atoms with E-state index in [9.17, 15) is 4.39 Å². The molecule has 2 aromatic rings. The summed E-state index contributed by atoms with van der Waals surface area (Å²) in [6.45, 7) is 12.5. The van der Waals surface area contributed by atoms with Gasteiger partial charge in [-0.05, 0) is 99.6 Å². The Labute approximate surface area is 238 Å². The average Bonchev–Trinajstić information content (AvgIpc) is 2.90. The van der Waals surface area contributed by atoms with Crippen LogP contribution in [0.1, 0.15) is 55.2 Å². The van der Waals surface area contributed by atoms with E-state index in [1.807, 2.05) is 25.1 Å². The smallest absolute Gasteiger partial charge is 0.142 e. The van der Waals surface area contributed by atoms with E-state index in [-0.39, 0.29) is 10.9 Å². The Bertz CT molecular complexity index is 1100. The van der Waals surface area contributed by atoms with Gasteiger partial charge in [-0.15, -0.1) is 6.58 Å². The van der Waals surface area contributed by atoms with Crippen LogP contribution in [-0.2, 0) is 6.42 Å². The van der Waals surface area contributed by atoms with Gasteiger partial charge in [0.15, 0.2) is 0 Å². The minimum atomic E-state index is -0.480. The fourth-order valence-electron chi connectivity index (χ4n) is 4.50. The molecular formula is C30H42Cl2FN5. The highest BCUT2D eigenvalue weighted by Crippen LogP contribution is 2.36. The van der Waals surface area contributed by atoms with Crippen molar-refractivity contribution in [3.63, 3.8) is 0 Å². The van der Waals surface area contributed by atoms with Crippen molar-refractivity contribution < 1.29 is 4.39 Å². The molecule has 1 aliphatic heterocycles. The van der Waals surface area contributed by atoms with Crippen molar-refractivity contribution in [1.29, 1.82) is 0 Å². The van der Waals surface area contributed by atoms with E-state index >= 15 is 0 Å². The van der Waals surface area contributed by atoms with Crippen molar-refractivity contribution >= 4 is 34.6 Å². The molecule has 1 aromatic carbocycles. The third-order valence-corrected chi connectivity index (χ3v) is 7.59. The third-order valence-electron chi connectivity index (χ3n) is 6.87. The Morgan fingerprint density at radius 2 is 1.97 bits per heavy atom. The molecule has 1 fully saturated rings. The Balaban J connectivity index is 0.000000757. The number of allylic oxidation sites excluding steroid dienone is 3. The van der Waals surface area contributed by atoms with E-state index in [2.05, 4.69) is 48.2 Å². The first-order chi connectivity index (χ1) is 18.1. The Kier molecular flexibility index (Phi) is 13.3. The molecular weight excluding hydrogens is 520 g/mol. The molecule has 8 heteroatoms. The summed E-state index contributed by atoms with van der Waals surface area (Å²) < 4.78 is 14.0. The van der Waals surface area contributed by atoms with Gasteiger partial charge in [0, 0.05) is 36.1 Å². The fraction of sp³-hybridized carbons (Fsp3) is 0.433. The van der Waals surface area contributed by atoms with Crippen molar-refractivity contribution in [2.75, 3.05) is 39.5 Å². The molecule has 0 saturated carbocycles. The summed E-state index contributed by atoms with van der Waals surface area (Å²) in [5.41, 5.74) is 14.7. The number of piperidine rings is 1. The SMILES string of the molecule is C=C/C(=C\N(C)C1CCN(C)CC1)c1cnc(N)c(CC(C)c2c(Cl)ccc(F)c2Cl)c1.C=CCCCN. The number of pyridine rings is 1. The molecule has 1 aliphatic rings. The summed E-state index contributed by atoms with van der Waals surface area (Å²) in [5, 5.41) is 0.497.